The molecule has 0 spiro atoms. The van der Waals surface area contributed by atoms with Crippen molar-refractivity contribution in [1.29, 1.82) is 0 Å². The van der Waals surface area contributed by atoms with E-state index < -0.39 is 0 Å². The molecule has 0 radical (unpaired) electrons. The molecule has 1 heterocycles. The largest absolute Gasteiger partial charge is 0.439 e. The van der Waals surface area contributed by atoms with E-state index in [9.17, 15) is 0 Å². The van der Waals surface area contributed by atoms with E-state index in [2.05, 4.69) is 4.98 Å². The molecule has 0 saturated carbocycles. The maximum Gasteiger partial charge on any atom is 0.219 e. The molecule has 2 rings (SSSR count). The molecular formula is C13H11Cl2NO. The van der Waals surface area contributed by atoms with Gasteiger partial charge in [0, 0.05) is 22.7 Å². The van der Waals surface area contributed by atoms with E-state index in [0.717, 1.165) is 11.3 Å². The van der Waals surface area contributed by atoms with Crippen LogP contribution < -0.4 is 4.74 Å². The van der Waals surface area contributed by atoms with Crippen LogP contribution in [0.25, 0.3) is 0 Å². The Labute approximate surface area is 110 Å². The van der Waals surface area contributed by atoms with Gasteiger partial charge < -0.3 is 4.74 Å². The Bertz CT molecular complexity index is 529. The SMILES string of the molecule is Cc1nc(Oc2cccc(Cl)c2)ccc1CCl. The highest BCUT2D eigenvalue weighted by molar-refractivity contribution is 6.30. The molecule has 0 unspecified atom stereocenters. The van der Waals surface area contributed by atoms with Crippen LogP contribution in [0, 0.1) is 6.92 Å². The van der Waals surface area contributed by atoms with Crippen molar-refractivity contribution in [3.05, 3.63) is 52.7 Å². The van der Waals surface area contributed by atoms with Gasteiger partial charge in [0.15, 0.2) is 0 Å². The van der Waals surface area contributed by atoms with Crippen LogP contribution in [-0.2, 0) is 5.88 Å². The number of aromatic nitrogens is 1. The molecule has 0 aliphatic rings. The summed E-state index contributed by atoms with van der Waals surface area (Å²) in [6, 6.07) is 10.9. The molecule has 2 nitrogen and oxygen atoms in total. The van der Waals surface area contributed by atoms with Gasteiger partial charge in [-0.25, -0.2) is 4.98 Å². The second-order valence-electron chi connectivity index (χ2n) is 3.59. The molecule has 4 heteroatoms. The topological polar surface area (TPSA) is 22.1 Å². The molecule has 0 aliphatic heterocycles. The van der Waals surface area contributed by atoms with E-state index in [-0.39, 0.29) is 0 Å². The summed E-state index contributed by atoms with van der Waals surface area (Å²) < 4.78 is 5.60. The fraction of sp³-hybridized carbons (Fsp3) is 0.154. The number of rotatable bonds is 3. The highest BCUT2D eigenvalue weighted by Crippen LogP contribution is 2.23. The quantitative estimate of drug-likeness (QED) is 0.760. The Balaban J connectivity index is 2.22. The number of pyridine rings is 1. The molecule has 0 N–H and O–H groups in total. The van der Waals surface area contributed by atoms with Crippen molar-refractivity contribution in [2.45, 2.75) is 12.8 Å². The van der Waals surface area contributed by atoms with Crippen molar-refractivity contribution in [2.75, 3.05) is 0 Å². The maximum absolute atomic E-state index is 5.87. The lowest BCUT2D eigenvalue weighted by Gasteiger charge is -2.07. The number of hydrogen-bond acceptors (Lipinski definition) is 2. The highest BCUT2D eigenvalue weighted by Gasteiger charge is 2.03. The van der Waals surface area contributed by atoms with Crippen LogP contribution in [0.15, 0.2) is 36.4 Å². The van der Waals surface area contributed by atoms with Gasteiger partial charge in [-0.15, -0.1) is 11.6 Å². The van der Waals surface area contributed by atoms with Crippen molar-refractivity contribution in [3.63, 3.8) is 0 Å². The predicted octanol–water partition coefficient (Wildman–Crippen LogP) is 4.57. The predicted molar refractivity (Wildman–Crippen MR) is 70.1 cm³/mol. The van der Waals surface area contributed by atoms with Crippen LogP contribution in [0.5, 0.6) is 11.6 Å². The fourth-order valence-electron chi connectivity index (χ4n) is 1.42. The summed E-state index contributed by atoms with van der Waals surface area (Å²) in [6.45, 7) is 1.91. The van der Waals surface area contributed by atoms with Crippen molar-refractivity contribution < 1.29 is 4.74 Å². The van der Waals surface area contributed by atoms with Crippen LogP contribution in [0.1, 0.15) is 11.3 Å². The van der Waals surface area contributed by atoms with Gasteiger partial charge in [0.2, 0.25) is 5.88 Å². The van der Waals surface area contributed by atoms with Crippen molar-refractivity contribution in [3.8, 4) is 11.6 Å². The van der Waals surface area contributed by atoms with Crippen LogP contribution >= 0.6 is 23.2 Å². The second-order valence-corrected chi connectivity index (χ2v) is 4.29. The highest BCUT2D eigenvalue weighted by atomic mass is 35.5. The number of hydrogen-bond donors (Lipinski definition) is 0. The molecule has 0 saturated heterocycles. The first-order valence-electron chi connectivity index (χ1n) is 5.15. The zero-order valence-electron chi connectivity index (χ0n) is 9.28. The van der Waals surface area contributed by atoms with Crippen molar-refractivity contribution in [2.24, 2.45) is 0 Å². The zero-order chi connectivity index (χ0) is 12.3. The van der Waals surface area contributed by atoms with E-state index >= 15 is 0 Å². The lowest BCUT2D eigenvalue weighted by molar-refractivity contribution is 0.461. The van der Waals surface area contributed by atoms with Gasteiger partial charge in [-0.05, 0) is 30.7 Å². The third-order valence-corrected chi connectivity index (χ3v) is 2.86. The van der Waals surface area contributed by atoms with E-state index in [0.29, 0.717) is 22.5 Å². The molecule has 0 atom stereocenters. The molecule has 1 aromatic heterocycles. The summed E-state index contributed by atoms with van der Waals surface area (Å²) in [7, 11) is 0. The number of aryl methyl sites for hydroxylation is 1. The van der Waals surface area contributed by atoms with Gasteiger partial charge in [0.05, 0.1) is 0 Å². The van der Waals surface area contributed by atoms with Crippen LogP contribution in [0.2, 0.25) is 5.02 Å². The smallest absolute Gasteiger partial charge is 0.219 e. The van der Waals surface area contributed by atoms with Crippen molar-refractivity contribution in [1.82, 2.24) is 4.98 Å². The lowest BCUT2D eigenvalue weighted by atomic mass is 10.2. The summed E-state index contributed by atoms with van der Waals surface area (Å²) in [4.78, 5) is 4.32. The summed E-state index contributed by atoms with van der Waals surface area (Å²) in [5.74, 6) is 1.66. The monoisotopic (exact) mass is 267 g/mol. The average molecular weight is 268 g/mol. The van der Waals surface area contributed by atoms with Gasteiger partial charge in [-0.2, -0.15) is 0 Å². The molecule has 0 amide bonds. The Morgan fingerprint density at radius 3 is 2.71 bits per heavy atom. The van der Waals surface area contributed by atoms with Crippen LogP contribution in [0.3, 0.4) is 0 Å². The summed E-state index contributed by atoms with van der Waals surface area (Å²) in [6.07, 6.45) is 0. The summed E-state index contributed by atoms with van der Waals surface area (Å²) in [5.41, 5.74) is 1.88. The van der Waals surface area contributed by atoms with E-state index in [1.807, 2.05) is 25.1 Å². The van der Waals surface area contributed by atoms with Crippen molar-refractivity contribution >= 4 is 23.2 Å². The maximum atomic E-state index is 5.87. The Morgan fingerprint density at radius 1 is 1.24 bits per heavy atom. The van der Waals surface area contributed by atoms with E-state index in [1.165, 1.54) is 0 Å². The average Bonchev–Trinajstić information content (AvgIpc) is 2.29. The molecule has 88 valence electrons. The Morgan fingerprint density at radius 2 is 2.06 bits per heavy atom. The van der Waals surface area contributed by atoms with E-state index in [1.54, 1.807) is 18.2 Å². The van der Waals surface area contributed by atoms with Gasteiger partial charge in [0.1, 0.15) is 5.75 Å². The Kier molecular flexibility index (Phi) is 3.87. The minimum absolute atomic E-state index is 0.455. The second kappa shape index (κ2) is 5.39. The minimum Gasteiger partial charge on any atom is -0.439 e. The first-order chi connectivity index (χ1) is 8.19. The van der Waals surface area contributed by atoms with Gasteiger partial charge in [-0.3, -0.25) is 0 Å². The number of benzene rings is 1. The van der Waals surface area contributed by atoms with Gasteiger partial charge in [-0.1, -0.05) is 23.7 Å². The third kappa shape index (κ3) is 3.11. The first-order valence-corrected chi connectivity index (χ1v) is 6.06. The molecular weight excluding hydrogens is 257 g/mol. The zero-order valence-corrected chi connectivity index (χ0v) is 10.8. The molecule has 2 aromatic rings. The minimum atomic E-state index is 0.455. The normalized spacial score (nSPS) is 10.3. The molecule has 0 aliphatic carbocycles. The van der Waals surface area contributed by atoms with E-state index in [4.69, 9.17) is 27.9 Å². The van der Waals surface area contributed by atoms with Crippen LogP contribution in [0.4, 0.5) is 0 Å². The number of alkyl halides is 1. The number of nitrogens with zero attached hydrogens (tertiary/aromatic N) is 1. The number of halogens is 2. The molecule has 1 aromatic carbocycles. The fourth-order valence-corrected chi connectivity index (χ4v) is 1.88. The van der Waals surface area contributed by atoms with Gasteiger partial charge >= 0.3 is 0 Å². The first kappa shape index (κ1) is 12.2. The molecule has 0 fully saturated rings. The number of ether oxygens (including phenoxy) is 1. The molecule has 17 heavy (non-hydrogen) atoms. The van der Waals surface area contributed by atoms with Gasteiger partial charge in [0.25, 0.3) is 0 Å². The lowest BCUT2D eigenvalue weighted by Crippen LogP contribution is -1.93. The third-order valence-electron chi connectivity index (χ3n) is 2.33. The van der Waals surface area contributed by atoms with Crippen LogP contribution in [-0.4, -0.2) is 4.98 Å². The summed E-state index contributed by atoms with van der Waals surface area (Å²) >= 11 is 11.6. The molecule has 0 bridgehead atoms. The summed E-state index contributed by atoms with van der Waals surface area (Å²) in [5, 5.41) is 0.636. The standard InChI is InChI=1S/C13H11Cl2NO/c1-9-10(8-14)5-6-13(16-9)17-12-4-2-3-11(15)7-12/h2-7H,8H2,1H3. The Hall–Kier alpha value is -1.25.